The Morgan fingerprint density at radius 3 is 2.16 bits per heavy atom. The van der Waals surface area contributed by atoms with Crippen molar-refractivity contribution in [1.82, 2.24) is 15.1 Å². The monoisotopic (exact) mass is 259 g/mol. The number of aryl methyl sites for hydroxylation is 2. The Kier molecular flexibility index (Phi) is 3.87. The molecule has 0 bridgehead atoms. The Bertz CT molecular complexity index is 411. The molecule has 3 rings (SSSR count). The van der Waals surface area contributed by atoms with E-state index in [4.69, 9.17) is 0 Å². The van der Waals surface area contributed by atoms with E-state index in [0.29, 0.717) is 0 Å². The van der Waals surface area contributed by atoms with Gasteiger partial charge in [-0.3, -0.25) is 9.80 Å². The minimum Gasteiger partial charge on any atom is -0.314 e. The number of nitrogens with zero attached hydrogens (tertiary/aromatic N) is 2. The van der Waals surface area contributed by atoms with E-state index in [9.17, 15) is 0 Å². The first-order valence-corrected chi connectivity index (χ1v) is 7.45. The molecule has 0 aliphatic carbocycles. The number of benzene rings is 1. The highest BCUT2D eigenvalue weighted by Crippen LogP contribution is 2.14. The normalized spacial score (nSPS) is 22.4. The zero-order valence-corrected chi connectivity index (χ0v) is 12.2. The highest BCUT2D eigenvalue weighted by atomic mass is 15.3. The van der Waals surface area contributed by atoms with E-state index in [1.54, 1.807) is 0 Å². The van der Waals surface area contributed by atoms with Gasteiger partial charge in [-0.15, -0.1) is 0 Å². The van der Waals surface area contributed by atoms with Crippen LogP contribution in [0.15, 0.2) is 18.2 Å². The van der Waals surface area contributed by atoms with Crippen molar-refractivity contribution in [3.63, 3.8) is 0 Å². The first kappa shape index (κ1) is 13.1. The molecular weight excluding hydrogens is 234 g/mol. The van der Waals surface area contributed by atoms with E-state index in [0.717, 1.165) is 12.6 Å². The van der Waals surface area contributed by atoms with Crippen molar-refractivity contribution >= 4 is 0 Å². The standard InChI is InChI=1S/C16H25N3/c1-13-7-14(2)9-15(8-13)12-18-3-5-19(6-4-18)16-10-17-11-16/h7-9,16-17H,3-6,10-12H2,1-2H3. The van der Waals surface area contributed by atoms with Crippen molar-refractivity contribution in [2.75, 3.05) is 39.3 Å². The second-order valence-corrected chi connectivity index (χ2v) is 6.12. The molecule has 3 nitrogen and oxygen atoms in total. The van der Waals surface area contributed by atoms with Crippen molar-refractivity contribution < 1.29 is 0 Å². The summed E-state index contributed by atoms with van der Waals surface area (Å²) < 4.78 is 0. The first-order chi connectivity index (χ1) is 9.20. The van der Waals surface area contributed by atoms with Crippen molar-refractivity contribution in [3.05, 3.63) is 34.9 Å². The SMILES string of the molecule is Cc1cc(C)cc(CN2CCN(C3CNC3)CC2)c1. The lowest BCUT2D eigenvalue weighted by atomic mass is 10.1. The molecule has 1 aromatic rings. The second-order valence-electron chi connectivity index (χ2n) is 6.12. The Labute approximate surface area is 116 Å². The Hall–Kier alpha value is -0.900. The summed E-state index contributed by atoms with van der Waals surface area (Å²) >= 11 is 0. The van der Waals surface area contributed by atoms with Gasteiger partial charge in [-0.2, -0.15) is 0 Å². The molecule has 2 saturated heterocycles. The molecule has 104 valence electrons. The maximum Gasteiger partial charge on any atom is 0.0346 e. The maximum absolute atomic E-state index is 3.37. The fourth-order valence-electron chi connectivity index (χ4n) is 3.24. The summed E-state index contributed by atoms with van der Waals surface area (Å²) in [4.78, 5) is 5.24. The summed E-state index contributed by atoms with van der Waals surface area (Å²) in [6.45, 7) is 12.8. The predicted octanol–water partition coefficient (Wildman–Crippen LogP) is 1.39. The molecule has 0 radical (unpaired) electrons. The molecule has 2 aliphatic rings. The van der Waals surface area contributed by atoms with Crippen LogP contribution >= 0.6 is 0 Å². The van der Waals surface area contributed by atoms with Gasteiger partial charge in [0.2, 0.25) is 0 Å². The van der Waals surface area contributed by atoms with E-state index in [2.05, 4.69) is 47.2 Å². The van der Waals surface area contributed by atoms with Gasteiger partial charge in [-0.05, 0) is 19.4 Å². The number of nitrogens with one attached hydrogen (secondary N) is 1. The van der Waals surface area contributed by atoms with Crippen LogP contribution in [0.25, 0.3) is 0 Å². The van der Waals surface area contributed by atoms with Crippen LogP contribution in [0.1, 0.15) is 16.7 Å². The van der Waals surface area contributed by atoms with Gasteiger partial charge in [0, 0.05) is 51.9 Å². The van der Waals surface area contributed by atoms with Crippen molar-refractivity contribution in [2.24, 2.45) is 0 Å². The molecule has 1 aromatic carbocycles. The third kappa shape index (κ3) is 3.16. The summed E-state index contributed by atoms with van der Waals surface area (Å²) in [5.74, 6) is 0. The van der Waals surface area contributed by atoms with Gasteiger partial charge in [0.25, 0.3) is 0 Å². The molecule has 0 unspecified atom stereocenters. The summed E-state index contributed by atoms with van der Waals surface area (Å²) in [7, 11) is 0. The maximum atomic E-state index is 3.37. The molecule has 0 aromatic heterocycles. The van der Waals surface area contributed by atoms with Gasteiger partial charge in [-0.1, -0.05) is 29.3 Å². The highest BCUT2D eigenvalue weighted by Gasteiger charge is 2.27. The molecule has 1 N–H and O–H groups in total. The minimum atomic E-state index is 0.809. The molecule has 2 aliphatic heterocycles. The van der Waals surface area contributed by atoms with E-state index in [-0.39, 0.29) is 0 Å². The van der Waals surface area contributed by atoms with Gasteiger partial charge in [0.1, 0.15) is 0 Å². The van der Waals surface area contributed by atoms with Crippen molar-refractivity contribution in [2.45, 2.75) is 26.4 Å². The molecule has 0 spiro atoms. The third-order valence-electron chi connectivity index (χ3n) is 4.37. The number of rotatable bonds is 3. The van der Waals surface area contributed by atoms with Crippen LogP contribution in [0, 0.1) is 13.8 Å². The van der Waals surface area contributed by atoms with Gasteiger partial charge in [0.15, 0.2) is 0 Å². The fourth-order valence-corrected chi connectivity index (χ4v) is 3.24. The molecule has 0 atom stereocenters. The number of hydrogen-bond acceptors (Lipinski definition) is 3. The van der Waals surface area contributed by atoms with Crippen LogP contribution in [-0.2, 0) is 6.54 Å². The zero-order valence-electron chi connectivity index (χ0n) is 12.2. The average molecular weight is 259 g/mol. The lowest BCUT2D eigenvalue weighted by Gasteiger charge is -2.43. The fraction of sp³-hybridized carbons (Fsp3) is 0.625. The lowest BCUT2D eigenvalue weighted by Crippen LogP contribution is -2.61. The summed E-state index contributed by atoms with van der Waals surface area (Å²) in [5.41, 5.74) is 4.24. The summed E-state index contributed by atoms with van der Waals surface area (Å²) in [6.07, 6.45) is 0. The first-order valence-electron chi connectivity index (χ1n) is 7.45. The smallest absolute Gasteiger partial charge is 0.0346 e. The van der Waals surface area contributed by atoms with Crippen LogP contribution in [0.3, 0.4) is 0 Å². The molecule has 0 amide bonds. The molecule has 3 heteroatoms. The minimum absolute atomic E-state index is 0.809. The van der Waals surface area contributed by atoms with Gasteiger partial charge in [-0.25, -0.2) is 0 Å². The third-order valence-corrected chi connectivity index (χ3v) is 4.37. The molecule has 2 fully saturated rings. The molecule has 19 heavy (non-hydrogen) atoms. The summed E-state index contributed by atoms with van der Waals surface area (Å²) in [6, 6.07) is 7.72. The molecular formula is C16H25N3. The van der Waals surface area contributed by atoms with Crippen LogP contribution in [0.2, 0.25) is 0 Å². The van der Waals surface area contributed by atoms with Crippen LogP contribution in [0.5, 0.6) is 0 Å². The Morgan fingerprint density at radius 1 is 1.00 bits per heavy atom. The Morgan fingerprint density at radius 2 is 1.63 bits per heavy atom. The molecule has 0 saturated carbocycles. The lowest BCUT2D eigenvalue weighted by molar-refractivity contribution is 0.0695. The summed E-state index contributed by atoms with van der Waals surface area (Å²) in [5, 5.41) is 3.37. The molecule has 2 heterocycles. The second kappa shape index (κ2) is 5.61. The van der Waals surface area contributed by atoms with E-state index in [1.807, 2.05) is 0 Å². The predicted molar refractivity (Wildman–Crippen MR) is 79.4 cm³/mol. The highest BCUT2D eigenvalue weighted by molar-refractivity contribution is 5.28. The van der Waals surface area contributed by atoms with Crippen LogP contribution in [-0.4, -0.2) is 55.1 Å². The van der Waals surface area contributed by atoms with Crippen molar-refractivity contribution in [3.8, 4) is 0 Å². The Balaban J connectivity index is 1.53. The number of hydrogen-bond donors (Lipinski definition) is 1. The van der Waals surface area contributed by atoms with Crippen LogP contribution < -0.4 is 5.32 Å². The van der Waals surface area contributed by atoms with Gasteiger partial charge >= 0.3 is 0 Å². The van der Waals surface area contributed by atoms with Crippen molar-refractivity contribution in [1.29, 1.82) is 0 Å². The van der Waals surface area contributed by atoms with Gasteiger partial charge < -0.3 is 5.32 Å². The quantitative estimate of drug-likeness (QED) is 0.885. The van der Waals surface area contributed by atoms with Gasteiger partial charge in [0.05, 0.1) is 0 Å². The van der Waals surface area contributed by atoms with E-state index in [1.165, 1.54) is 56.0 Å². The van der Waals surface area contributed by atoms with E-state index >= 15 is 0 Å². The number of piperazine rings is 1. The van der Waals surface area contributed by atoms with Crippen LogP contribution in [0.4, 0.5) is 0 Å². The topological polar surface area (TPSA) is 18.5 Å². The van der Waals surface area contributed by atoms with E-state index < -0.39 is 0 Å². The average Bonchev–Trinajstić information content (AvgIpc) is 2.28. The largest absolute Gasteiger partial charge is 0.314 e. The zero-order chi connectivity index (χ0) is 13.2.